The molecule has 1 N–H and O–H groups in total. The third-order valence-corrected chi connectivity index (χ3v) is 6.20. The number of carbonyl (C=O) groups is 1. The molecule has 0 atom stereocenters. The standard InChI is InChI=1S/C27H33F2N3O2/c1-16-12-20(13-17(2)31-16)25-22(15-24(28)29)21-14-19(18-8-10-30-11-9-18)6-7-23(21)32(25)26(33)34-27(3,4)5/h6-7,12-14,18,24,30H,8-11,15H2,1-5H3. The van der Waals surface area contributed by atoms with Crippen LogP contribution in [0.15, 0.2) is 30.3 Å². The Morgan fingerprint density at radius 2 is 1.79 bits per heavy atom. The molecule has 0 saturated carbocycles. The van der Waals surface area contributed by atoms with E-state index in [4.69, 9.17) is 4.74 Å². The lowest BCUT2D eigenvalue weighted by Gasteiger charge is -2.23. The van der Waals surface area contributed by atoms with Gasteiger partial charge in [0.05, 0.1) is 11.2 Å². The highest BCUT2D eigenvalue weighted by Gasteiger charge is 2.29. The van der Waals surface area contributed by atoms with Crippen molar-refractivity contribution in [2.24, 2.45) is 0 Å². The molecule has 3 heterocycles. The van der Waals surface area contributed by atoms with Crippen LogP contribution in [-0.2, 0) is 11.2 Å². The van der Waals surface area contributed by atoms with Crippen LogP contribution in [0.3, 0.4) is 0 Å². The quantitative estimate of drug-likeness (QED) is 0.482. The highest BCUT2D eigenvalue weighted by Crippen LogP contribution is 2.38. The van der Waals surface area contributed by atoms with Gasteiger partial charge in [0.2, 0.25) is 6.43 Å². The normalized spacial score (nSPS) is 15.3. The summed E-state index contributed by atoms with van der Waals surface area (Å²) in [5.41, 5.74) is 4.11. The first kappa shape index (κ1) is 24.3. The molecule has 5 nitrogen and oxygen atoms in total. The SMILES string of the molecule is Cc1cc(-c2c(CC(F)F)c3cc(C4CCNCC4)ccc3n2C(=O)OC(C)(C)C)cc(C)n1. The van der Waals surface area contributed by atoms with Crippen LogP contribution >= 0.6 is 0 Å². The molecule has 0 amide bonds. The van der Waals surface area contributed by atoms with Crippen LogP contribution in [0.4, 0.5) is 13.6 Å². The molecule has 4 rings (SSSR count). The van der Waals surface area contributed by atoms with Crippen molar-refractivity contribution >= 4 is 17.0 Å². The first-order chi connectivity index (χ1) is 16.0. The minimum Gasteiger partial charge on any atom is -0.443 e. The largest absolute Gasteiger partial charge is 0.443 e. The number of halogens is 2. The molecule has 3 aromatic rings. The van der Waals surface area contributed by atoms with Crippen LogP contribution in [0.25, 0.3) is 22.2 Å². The number of nitrogens with one attached hydrogen (secondary N) is 1. The first-order valence-electron chi connectivity index (χ1n) is 11.9. The van der Waals surface area contributed by atoms with Gasteiger partial charge in [-0.1, -0.05) is 6.07 Å². The number of hydrogen-bond donors (Lipinski definition) is 1. The zero-order valence-electron chi connectivity index (χ0n) is 20.5. The summed E-state index contributed by atoms with van der Waals surface area (Å²) in [5.74, 6) is 0.365. The number of fused-ring (bicyclic) bond motifs is 1. The summed E-state index contributed by atoms with van der Waals surface area (Å²) in [4.78, 5) is 17.9. The van der Waals surface area contributed by atoms with E-state index in [2.05, 4.69) is 10.3 Å². The van der Waals surface area contributed by atoms with E-state index < -0.39 is 24.5 Å². The topological polar surface area (TPSA) is 56.2 Å². The molecular weight excluding hydrogens is 436 g/mol. The third-order valence-electron chi connectivity index (χ3n) is 6.20. The number of nitrogens with zero attached hydrogens (tertiary/aromatic N) is 2. The van der Waals surface area contributed by atoms with Crippen LogP contribution < -0.4 is 5.32 Å². The van der Waals surface area contributed by atoms with Gasteiger partial charge in [-0.05, 0) is 102 Å². The van der Waals surface area contributed by atoms with Crippen molar-refractivity contribution in [1.82, 2.24) is 14.9 Å². The minimum atomic E-state index is -2.55. The number of benzene rings is 1. The molecule has 1 aliphatic heterocycles. The average molecular weight is 470 g/mol. The molecule has 34 heavy (non-hydrogen) atoms. The summed E-state index contributed by atoms with van der Waals surface area (Å²) in [6, 6.07) is 9.60. The number of pyridine rings is 1. The van der Waals surface area contributed by atoms with Gasteiger partial charge in [0.15, 0.2) is 0 Å². The number of piperidine rings is 1. The number of rotatable bonds is 4. The first-order valence-corrected chi connectivity index (χ1v) is 11.9. The number of hydrogen-bond acceptors (Lipinski definition) is 4. The fourth-order valence-corrected chi connectivity index (χ4v) is 4.92. The summed E-state index contributed by atoms with van der Waals surface area (Å²) >= 11 is 0. The molecule has 0 radical (unpaired) electrons. The van der Waals surface area contributed by atoms with Gasteiger partial charge in [0, 0.05) is 28.8 Å². The molecule has 0 aliphatic carbocycles. The van der Waals surface area contributed by atoms with Gasteiger partial charge in [-0.25, -0.2) is 18.1 Å². The van der Waals surface area contributed by atoms with Gasteiger partial charge in [-0.3, -0.25) is 4.98 Å². The maximum Gasteiger partial charge on any atom is 0.419 e. The van der Waals surface area contributed by atoms with Crippen LogP contribution in [0.5, 0.6) is 0 Å². The molecule has 1 aromatic carbocycles. The predicted octanol–water partition coefficient (Wildman–Crippen LogP) is 6.38. The Balaban J connectivity index is 2.01. The number of carbonyl (C=O) groups excluding carboxylic acids is 1. The van der Waals surface area contributed by atoms with Crippen molar-refractivity contribution in [3.8, 4) is 11.3 Å². The summed E-state index contributed by atoms with van der Waals surface area (Å²) in [6.07, 6.45) is -1.58. The molecule has 0 bridgehead atoms. The van der Waals surface area contributed by atoms with Crippen molar-refractivity contribution in [3.63, 3.8) is 0 Å². The lowest BCUT2D eigenvalue weighted by Crippen LogP contribution is -2.27. The number of aromatic nitrogens is 2. The van der Waals surface area contributed by atoms with E-state index in [-0.39, 0.29) is 0 Å². The summed E-state index contributed by atoms with van der Waals surface area (Å²) in [6.45, 7) is 11.0. The van der Waals surface area contributed by atoms with Crippen LogP contribution in [0, 0.1) is 13.8 Å². The number of alkyl halides is 2. The van der Waals surface area contributed by atoms with E-state index in [0.29, 0.717) is 33.6 Å². The second-order valence-corrected chi connectivity index (χ2v) is 10.2. The second-order valence-electron chi connectivity index (χ2n) is 10.2. The third kappa shape index (κ3) is 5.14. The fourth-order valence-electron chi connectivity index (χ4n) is 4.92. The number of aryl methyl sites for hydroxylation is 2. The van der Waals surface area contributed by atoms with Crippen molar-refractivity contribution < 1.29 is 18.3 Å². The highest BCUT2D eigenvalue weighted by molar-refractivity contribution is 6.00. The van der Waals surface area contributed by atoms with E-state index in [1.807, 2.05) is 44.2 Å². The van der Waals surface area contributed by atoms with E-state index >= 15 is 0 Å². The van der Waals surface area contributed by atoms with Gasteiger partial charge in [-0.15, -0.1) is 0 Å². The van der Waals surface area contributed by atoms with Crippen molar-refractivity contribution in [1.29, 1.82) is 0 Å². The summed E-state index contributed by atoms with van der Waals surface area (Å²) in [5, 5.41) is 4.06. The van der Waals surface area contributed by atoms with Gasteiger partial charge >= 0.3 is 6.09 Å². The Labute approximate surface area is 199 Å². The molecule has 182 valence electrons. The maximum absolute atomic E-state index is 13.9. The van der Waals surface area contributed by atoms with Crippen LogP contribution in [0.2, 0.25) is 0 Å². The van der Waals surface area contributed by atoms with Gasteiger partial charge in [0.25, 0.3) is 0 Å². The minimum absolute atomic E-state index is 0.365. The maximum atomic E-state index is 13.9. The second kappa shape index (κ2) is 9.45. The Hall–Kier alpha value is -2.80. The van der Waals surface area contributed by atoms with Gasteiger partial charge < -0.3 is 10.1 Å². The van der Waals surface area contributed by atoms with E-state index in [0.717, 1.165) is 42.9 Å². The van der Waals surface area contributed by atoms with Crippen LogP contribution in [-0.4, -0.2) is 40.8 Å². The van der Waals surface area contributed by atoms with Crippen molar-refractivity contribution in [2.75, 3.05) is 13.1 Å². The Morgan fingerprint density at radius 3 is 2.38 bits per heavy atom. The summed E-state index contributed by atoms with van der Waals surface area (Å²) in [7, 11) is 0. The van der Waals surface area contributed by atoms with E-state index in [1.54, 1.807) is 20.8 Å². The van der Waals surface area contributed by atoms with Gasteiger partial charge in [0.1, 0.15) is 5.60 Å². The lowest BCUT2D eigenvalue weighted by atomic mass is 9.89. The Morgan fingerprint density at radius 1 is 1.15 bits per heavy atom. The van der Waals surface area contributed by atoms with Gasteiger partial charge in [-0.2, -0.15) is 0 Å². The fraction of sp³-hybridized carbons (Fsp3) is 0.481. The average Bonchev–Trinajstić information content (AvgIpc) is 3.05. The Kier molecular flexibility index (Phi) is 6.76. The zero-order chi connectivity index (χ0) is 24.6. The smallest absolute Gasteiger partial charge is 0.419 e. The molecule has 1 saturated heterocycles. The molecule has 7 heteroatoms. The monoisotopic (exact) mass is 469 g/mol. The molecule has 2 aromatic heterocycles. The predicted molar refractivity (Wildman–Crippen MR) is 131 cm³/mol. The lowest BCUT2D eigenvalue weighted by molar-refractivity contribution is 0.0546. The molecule has 0 unspecified atom stereocenters. The molecular formula is C27H33F2N3O2. The number of ether oxygens (including phenoxy) is 1. The van der Waals surface area contributed by atoms with E-state index in [9.17, 15) is 13.6 Å². The summed E-state index contributed by atoms with van der Waals surface area (Å²) < 4.78 is 35.0. The Bertz CT molecular complexity index is 1180. The molecule has 1 aliphatic rings. The zero-order valence-corrected chi connectivity index (χ0v) is 20.5. The van der Waals surface area contributed by atoms with E-state index in [1.165, 1.54) is 4.57 Å². The molecule has 0 spiro atoms. The highest BCUT2D eigenvalue weighted by atomic mass is 19.3. The molecule has 1 fully saturated rings. The van der Waals surface area contributed by atoms with Crippen molar-refractivity contribution in [2.45, 2.75) is 71.8 Å². The van der Waals surface area contributed by atoms with Crippen LogP contribution in [0.1, 0.15) is 62.0 Å². The van der Waals surface area contributed by atoms with Crippen molar-refractivity contribution in [3.05, 3.63) is 52.8 Å².